The number of nitrogens with one attached hydrogen (secondary N) is 1. The molecule has 4 aromatic rings. The van der Waals surface area contributed by atoms with Gasteiger partial charge in [0.25, 0.3) is 12.3 Å². The molecular formula is C23H14ClF6N5O. The van der Waals surface area contributed by atoms with Crippen LogP contribution in [0.4, 0.5) is 37.7 Å². The van der Waals surface area contributed by atoms with Crippen LogP contribution in [0.1, 0.15) is 33.7 Å². The second-order valence-electron chi connectivity index (χ2n) is 7.39. The molecule has 0 fully saturated rings. The molecule has 0 saturated carbocycles. The van der Waals surface area contributed by atoms with E-state index in [9.17, 15) is 31.1 Å². The zero-order valence-electron chi connectivity index (χ0n) is 17.9. The smallest absolute Gasteiger partial charge is 0.355 e. The predicted molar refractivity (Wildman–Crippen MR) is 122 cm³/mol. The summed E-state index contributed by atoms with van der Waals surface area (Å²) in [6.45, 7) is -1.34. The van der Waals surface area contributed by atoms with E-state index in [4.69, 9.17) is 11.6 Å². The molecule has 6 nitrogen and oxygen atoms in total. The van der Waals surface area contributed by atoms with Crippen LogP contribution in [0.3, 0.4) is 0 Å². The van der Waals surface area contributed by atoms with Crippen LogP contribution in [-0.2, 0) is 13.0 Å². The van der Waals surface area contributed by atoms with Crippen LogP contribution in [0.2, 0.25) is 5.02 Å². The highest BCUT2D eigenvalue weighted by molar-refractivity contribution is 6.31. The number of fused-ring (bicyclic) bond motifs is 1. The summed E-state index contributed by atoms with van der Waals surface area (Å²) < 4.78 is 79.7. The van der Waals surface area contributed by atoms with Crippen molar-refractivity contribution in [1.29, 1.82) is 0 Å². The highest BCUT2D eigenvalue weighted by Crippen LogP contribution is 2.35. The number of benzene rings is 2. The van der Waals surface area contributed by atoms with Gasteiger partial charge in [-0.25, -0.2) is 27.8 Å². The second kappa shape index (κ2) is 9.97. The molecule has 1 amide bonds. The van der Waals surface area contributed by atoms with Gasteiger partial charge >= 0.3 is 6.18 Å². The van der Waals surface area contributed by atoms with E-state index in [0.717, 1.165) is 18.5 Å². The summed E-state index contributed by atoms with van der Waals surface area (Å²) in [5.74, 6) is -1.06. The fraction of sp³-hybridized carbons (Fsp3) is 0.130. The van der Waals surface area contributed by atoms with Crippen molar-refractivity contribution in [2.45, 2.75) is 19.4 Å². The molecule has 2 aromatic carbocycles. The number of carbonyl (C=O) groups excluding carboxylic acids is 1. The van der Waals surface area contributed by atoms with Gasteiger partial charge in [0.2, 0.25) is 0 Å². The molecule has 0 radical (unpaired) electrons. The molecule has 1 N–H and O–H groups in total. The van der Waals surface area contributed by atoms with Gasteiger partial charge in [0.15, 0.2) is 6.80 Å². The van der Waals surface area contributed by atoms with E-state index in [1.807, 2.05) is 0 Å². The largest absolute Gasteiger partial charge is 0.433 e. The van der Waals surface area contributed by atoms with Crippen molar-refractivity contribution in [1.82, 2.24) is 14.8 Å². The van der Waals surface area contributed by atoms with Crippen molar-refractivity contribution in [3.63, 3.8) is 0 Å². The number of anilines is 2. The first-order valence-corrected chi connectivity index (χ1v) is 10.5. The lowest BCUT2D eigenvalue weighted by molar-refractivity contribution is -0.140. The van der Waals surface area contributed by atoms with Gasteiger partial charge in [0.05, 0.1) is 23.0 Å². The number of aromatic nitrogens is 3. The van der Waals surface area contributed by atoms with Crippen LogP contribution in [-0.4, -0.2) is 26.9 Å². The molecular weight excluding hydrogens is 512 g/mol. The van der Waals surface area contributed by atoms with Gasteiger partial charge in [-0.1, -0.05) is 23.7 Å². The minimum atomic E-state index is -4.69. The van der Waals surface area contributed by atoms with Crippen LogP contribution >= 0.6 is 11.6 Å². The summed E-state index contributed by atoms with van der Waals surface area (Å²) >= 11 is 6.01. The van der Waals surface area contributed by atoms with Crippen molar-refractivity contribution >= 4 is 46.0 Å². The Hall–Kier alpha value is -3.93. The summed E-state index contributed by atoms with van der Waals surface area (Å²) in [6.07, 6.45) is -5.95. The van der Waals surface area contributed by atoms with Gasteiger partial charge in [-0.15, -0.1) is 0 Å². The molecule has 36 heavy (non-hydrogen) atoms. The number of rotatable bonds is 6. The number of carbonyl (C=O) groups is 1. The lowest BCUT2D eigenvalue weighted by Crippen LogP contribution is -2.09. The lowest BCUT2D eigenvalue weighted by atomic mass is 10.1. The molecule has 2 aromatic heterocycles. The Kier molecular flexibility index (Phi) is 6.97. The third-order valence-corrected chi connectivity index (χ3v) is 5.22. The molecule has 0 spiro atoms. The molecule has 0 aliphatic heterocycles. The zero-order chi connectivity index (χ0) is 26.0. The highest BCUT2D eigenvalue weighted by atomic mass is 35.5. The number of hydrogen-bond donors (Lipinski definition) is 1. The first kappa shape index (κ1) is 25.2. The predicted octanol–water partition coefficient (Wildman–Crippen LogP) is 6.97. The van der Waals surface area contributed by atoms with Crippen LogP contribution in [0.25, 0.3) is 10.9 Å². The van der Waals surface area contributed by atoms with Crippen LogP contribution < -0.4 is 5.32 Å². The van der Waals surface area contributed by atoms with Gasteiger partial charge in [0.1, 0.15) is 11.4 Å². The SMILES string of the molecule is O=C(N=Cc1cccc(Nc2cc(C(F)(F)F)nc3ccc(Cl)cc23)c1)c1cnn(CF)c1C(F)F. The Labute approximate surface area is 204 Å². The van der Waals surface area contributed by atoms with E-state index >= 15 is 0 Å². The quantitative estimate of drug-likeness (QED) is 0.218. The van der Waals surface area contributed by atoms with Crippen molar-refractivity contribution in [2.24, 2.45) is 4.99 Å². The summed E-state index contributed by atoms with van der Waals surface area (Å²) in [5.41, 5.74) is -1.72. The summed E-state index contributed by atoms with van der Waals surface area (Å²) in [7, 11) is 0. The van der Waals surface area contributed by atoms with Crippen LogP contribution in [0, 0.1) is 0 Å². The maximum Gasteiger partial charge on any atom is 0.433 e. The summed E-state index contributed by atoms with van der Waals surface area (Å²) in [4.78, 5) is 19.6. The molecule has 0 saturated heterocycles. The summed E-state index contributed by atoms with van der Waals surface area (Å²) in [6, 6.07) is 11.2. The Morgan fingerprint density at radius 2 is 1.94 bits per heavy atom. The van der Waals surface area contributed by atoms with Crippen molar-refractivity contribution in [2.75, 3.05) is 5.32 Å². The average molecular weight is 526 g/mol. The van der Waals surface area contributed by atoms with E-state index in [1.54, 1.807) is 12.1 Å². The van der Waals surface area contributed by atoms with Gasteiger partial charge in [-0.2, -0.15) is 18.3 Å². The standard InChI is InChI=1S/C23H14ClF6N5O/c24-13-4-5-17-15(7-13)18(8-19(34-17)23(28,29)30)33-14-3-1-2-12(6-14)9-31-22(36)16-10-32-35(11-25)20(16)21(26)27/h1-10,21H,11H2,(H,33,34). The topological polar surface area (TPSA) is 72.2 Å². The Morgan fingerprint density at radius 3 is 2.64 bits per heavy atom. The first-order valence-electron chi connectivity index (χ1n) is 10.1. The number of alkyl halides is 6. The maximum atomic E-state index is 13.4. The van der Waals surface area contributed by atoms with Crippen LogP contribution in [0.15, 0.2) is 59.7 Å². The molecule has 2 heterocycles. The normalized spacial score (nSPS) is 12.1. The molecule has 13 heteroatoms. The number of pyridine rings is 1. The van der Waals surface area contributed by atoms with Gasteiger partial charge < -0.3 is 5.32 Å². The number of halogens is 7. The molecule has 0 bridgehead atoms. The highest BCUT2D eigenvalue weighted by Gasteiger charge is 2.33. The third-order valence-electron chi connectivity index (χ3n) is 4.99. The number of nitrogens with zero attached hydrogens (tertiary/aromatic N) is 4. The number of amides is 1. The lowest BCUT2D eigenvalue weighted by Gasteiger charge is -2.14. The number of hydrogen-bond acceptors (Lipinski definition) is 4. The molecule has 4 rings (SSSR count). The van der Waals surface area contributed by atoms with Gasteiger partial charge in [0, 0.05) is 22.3 Å². The molecule has 0 atom stereocenters. The molecule has 0 aliphatic rings. The minimum absolute atomic E-state index is 0.0729. The van der Waals surface area contributed by atoms with Crippen LogP contribution in [0.5, 0.6) is 0 Å². The fourth-order valence-electron chi connectivity index (χ4n) is 3.39. The number of aliphatic imine (C=N–C) groups is 1. The fourth-order valence-corrected chi connectivity index (χ4v) is 3.56. The van der Waals surface area contributed by atoms with Crippen molar-refractivity contribution < 1.29 is 31.1 Å². The molecule has 186 valence electrons. The Morgan fingerprint density at radius 1 is 1.17 bits per heavy atom. The van der Waals surface area contributed by atoms with E-state index in [2.05, 4.69) is 20.4 Å². The monoisotopic (exact) mass is 525 g/mol. The first-order chi connectivity index (χ1) is 17.1. The van der Waals surface area contributed by atoms with E-state index < -0.39 is 42.3 Å². The van der Waals surface area contributed by atoms with Crippen molar-refractivity contribution in [3.8, 4) is 0 Å². The van der Waals surface area contributed by atoms with Gasteiger partial charge in [-0.3, -0.25) is 4.79 Å². The molecule has 0 aliphatic carbocycles. The zero-order valence-corrected chi connectivity index (χ0v) is 18.7. The van der Waals surface area contributed by atoms with E-state index in [-0.39, 0.29) is 11.2 Å². The third kappa shape index (κ3) is 5.33. The average Bonchev–Trinajstić information content (AvgIpc) is 3.27. The van der Waals surface area contributed by atoms with E-state index in [0.29, 0.717) is 26.3 Å². The summed E-state index contributed by atoms with van der Waals surface area (Å²) in [5, 5.41) is 6.93. The Bertz CT molecular complexity index is 1470. The Balaban J connectivity index is 1.64. The molecule has 0 unspecified atom stereocenters. The minimum Gasteiger partial charge on any atom is -0.355 e. The van der Waals surface area contributed by atoms with Gasteiger partial charge in [-0.05, 0) is 42.0 Å². The second-order valence-corrected chi connectivity index (χ2v) is 7.83. The van der Waals surface area contributed by atoms with E-state index in [1.165, 1.54) is 30.3 Å². The van der Waals surface area contributed by atoms with Crippen molar-refractivity contribution in [3.05, 3.63) is 82.3 Å². The maximum absolute atomic E-state index is 13.4.